The number of benzene rings is 2. The van der Waals surface area contributed by atoms with Gasteiger partial charge in [0.1, 0.15) is 18.1 Å². The Morgan fingerprint density at radius 1 is 0.755 bits per heavy atom. The van der Waals surface area contributed by atoms with Gasteiger partial charge in [-0.1, -0.05) is 74.5 Å². The molecule has 12 nitrogen and oxygen atoms in total. The van der Waals surface area contributed by atoms with Crippen LogP contribution in [0.4, 0.5) is 0 Å². The SMILES string of the molecule is CC(C)C[C@@H](NC(=O)[C@@H](Cc1ccccc1)NC(=O)[C@H](N)Cc1ccccc1)C(=O)N[C@H](CCCCNCCN)C(=O)N1CCC(N)CC1. The molecule has 4 atom stereocenters. The molecule has 0 unspecified atom stereocenters. The van der Waals surface area contributed by atoms with Crippen LogP contribution in [0.1, 0.15) is 63.5 Å². The maximum Gasteiger partial charge on any atom is 0.245 e. The Kier molecular flexibility index (Phi) is 17.2. The molecular weight excluding hydrogens is 620 g/mol. The maximum atomic E-state index is 13.9. The minimum Gasteiger partial charge on any atom is -0.343 e. The van der Waals surface area contributed by atoms with Gasteiger partial charge in [0.15, 0.2) is 0 Å². The topological polar surface area (TPSA) is 198 Å². The number of amides is 4. The quantitative estimate of drug-likeness (QED) is 0.101. The summed E-state index contributed by atoms with van der Waals surface area (Å²) in [6, 6.07) is 15.4. The van der Waals surface area contributed by atoms with E-state index >= 15 is 0 Å². The third-order valence-corrected chi connectivity index (χ3v) is 8.77. The third kappa shape index (κ3) is 14.3. The highest BCUT2D eigenvalue weighted by Gasteiger charge is 2.33. The Bertz CT molecular complexity index is 1290. The molecule has 270 valence electrons. The van der Waals surface area contributed by atoms with E-state index in [1.165, 1.54) is 0 Å². The van der Waals surface area contributed by atoms with Gasteiger partial charge in [-0.2, -0.15) is 0 Å². The van der Waals surface area contributed by atoms with E-state index < -0.39 is 41.9 Å². The molecule has 1 aliphatic rings. The van der Waals surface area contributed by atoms with Gasteiger partial charge in [0.25, 0.3) is 0 Å². The summed E-state index contributed by atoms with van der Waals surface area (Å²) in [5.41, 5.74) is 19.7. The first kappa shape index (κ1) is 39.6. The minimum absolute atomic E-state index is 0.0591. The van der Waals surface area contributed by atoms with Crippen molar-refractivity contribution in [3.05, 3.63) is 71.8 Å². The molecule has 0 aliphatic carbocycles. The second-order valence-corrected chi connectivity index (χ2v) is 13.5. The normalized spacial score (nSPS) is 16.0. The number of nitrogens with one attached hydrogen (secondary N) is 4. The summed E-state index contributed by atoms with van der Waals surface area (Å²) in [7, 11) is 0. The van der Waals surface area contributed by atoms with Crippen LogP contribution in [0, 0.1) is 5.92 Å². The average molecular weight is 679 g/mol. The Morgan fingerprint density at radius 2 is 1.31 bits per heavy atom. The predicted molar refractivity (Wildman–Crippen MR) is 193 cm³/mol. The summed E-state index contributed by atoms with van der Waals surface area (Å²) < 4.78 is 0. The summed E-state index contributed by atoms with van der Waals surface area (Å²) in [6.07, 6.45) is 4.30. The molecule has 0 bridgehead atoms. The van der Waals surface area contributed by atoms with Crippen molar-refractivity contribution < 1.29 is 19.2 Å². The lowest BCUT2D eigenvalue weighted by Gasteiger charge is -2.34. The Hall–Kier alpha value is -3.84. The number of carbonyl (C=O) groups is 4. The van der Waals surface area contributed by atoms with Crippen molar-refractivity contribution in [3.8, 4) is 0 Å². The van der Waals surface area contributed by atoms with Crippen LogP contribution in [-0.4, -0.2) is 91.5 Å². The van der Waals surface area contributed by atoms with Crippen LogP contribution in [0.15, 0.2) is 60.7 Å². The second kappa shape index (κ2) is 21.3. The Balaban J connectivity index is 1.75. The van der Waals surface area contributed by atoms with Gasteiger partial charge < -0.3 is 43.4 Å². The number of nitrogens with zero attached hydrogens (tertiary/aromatic N) is 1. The van der Waals surface area contributed by atoms with Gasteiger partial charge in [-0.3, -0.25) is 19.2 Å². The number of unbranched alkanes of at least 4 members (excludes halogenated alkanes) is 1. The van der Waals surface area contributed by atoms with Gasteiger partial charge in [0, 0.05) is 38.6 Å². The van der Waals surface area contributed by atoms with Crippen LogP contribution in [0.2, 0.25) is 0 Å². The fourth-order valence-corrected chi connectivity index (χ4v) is 5.97. The maximum absolute atomic E-state index is 13.9. The molecule has 0 aromatic heterocycles. The van der Waals surface area contributed by atoms with Gasteiger partial charge in [0.05, 0.1) is 6.04 Å². The lowest BCUT2D eigenvalue weighted by atomic mass is 9.99. The predicted octanol–water partition coefficient (Wildman–Crippen LogP) is 0.968. The van der Waals surface area contributed by atoms with Crippen LogP contribution in [-0.2, 0) is 32.0 Å². The molecule has 1 aliphatic heterocycles. The van der Waals surface area contributed by atoms with Crippen molar-refractivity contribution in [3.63, 3.8) is 0 Å². The lowest BCUT2D eigenvalue weighted by molar-refractivity contribution is -0.138. The number of hydrogen-bond donors (Lipinski definition) is 7. The number of piperidine rings is 1. The highest BCUT2D eigenvalue weighted by molar-refractivity contribution is 5.95. The number of nitrogens with two attached hydrogens (primary N) is 3. The van der Waals surface area contributed by atoms with Crippen molar-refractivity contribution in [1.82, 2.24) is 26.2 Å². The van der Waals surface area contributed by atoms with Gasteiger partial charge in [-0.15, -0.1) is 0 Å². The van der Waals surface area contributed by atoms with Crippen molar-refractivity contribution in [1.29, 1.82) is 0 Å². The van der Waals surface area contributed by atoms with Crippen LogP contribution < -0.4 is 38.5 Å². The number of hydrogen-bond acceptors (Lipinski definition) is 8. The van der Waals surface area contributed by atoms with E-state index in [1.54, 1.807) is 4.90 Å². The first-order chi connectivity index (χ1) is 23.6. The highest BCUT2D eigenvalue weighted by Crippen LogP contribution is 2.14. The molecule has 1 saturated heterocycles. The van der Waals surface area contributed by atoms with E-state index in [2.05, 4.69) is 21.3 Å². The molecule has 1 fully saturated rings. The van der Waals surface area contributed by atoms with Crippen LogP contribution in [0.3, 0.4) is 0 Å². The molecule has 4 amide bonds. The first-order valence-corrected chi connectivity index (χ1v) is 17.8. The van der Waals surface area contributed by atoms with Gasteiger partial charge in [0.2, 0.25) is 23.6 Å². The first-order valence-electron chi connectivity index (χ1n) is 17.8. The monoisotopic (exact) mass is 678 g/mol. The fourth-order valence-electron chi connectivity index (χ4n) is 5.97. The van der Waals surface area contributed by atoms with E-state index in [4.69, 9.17) is 17.2 Å². The Labute approximate surface area is 291 Å². The van der Waals surface area contributed by atoms with Crippen molar-refractivity contribution in [2.75, 3.05) is 32.7 Å². The number of carbonyl (C=O) groups excluding carboxylic acids is 4. The minimum atomic E-state index is -0.977. The summed E-state index contributed by atoms with van der Waals surface area (Å²) in [6.45, 7) is 7.05. The number of likely N-dealkylation sites (tertiary alicyclic amines) is 1. The second-order valence-electron chi connectivity index (χ2n) is 13.5. The smallest absolute Gasteiger partial charge is 0.245 e. The lowest BCUT2D eigenvalue weighted by Crippen LogP contribution is -2.59. The third-order valence-electron chi connectivity index (χ3n) is 8.77. The van der Waals surface area contributed by atoms with Crippen molar-refractivity contribution in [2.45, 2.75) is 95.4 Å². The summed E-state index contributed by atoms with van der Waals surface area (Å²) in [5.74, 6) is -1.46. The average Bonchev–Trinajstić information content (AvgIpc) is 3.09. The molecule has 49 heavy (non-hydrogen) atoms. The highest BCUT2D eigenvalue weighted by atomic mass is 16.2. The Morgan fingerprint density at radius 3 is 1.90 bits per heavy atom. The van der Waals surface area contributed by atoms with Gasteiger partial charge in [-0.05, 0) is 68.5 Å². The summed E-state index contributed by atoms with van der Waals surface area (Å²) in [4.78, 5) is 56.5. The molecule has 10 N–H and O–H groups in total. The summed E-state index contributed by atoms with van der Waals surface area (Å²) in [5, 5.41) is 12.0. The zero-order chi connectivity index (χ0) is 35.6. The van der Waals surface area contributed by atoms with Crippen molar-refractivity contribution in [2.24, 2.45) is 23.1 Å². The standard InChI is InChI=1S/C37H58N8O4/c1-26(2)23-32(35(47)42-31(15-9-10-19-41-20-18-38)37(49)45-21-16-29(39)17-22-45)44-36(48)33(25-28-13-7-4-8-14-28)43-34(46)30(40)24-27-11-5-3-6-12-27/h3-8,11-14,26,29-33,41H,9-10,15-25,38-40H2,1-2H3,(H,42,47)(H,43,46)(H,44,48)/t30-,31-,32-,33-/m1/s1. The van der Waals surface area contributed by atoms with E-state index in [-0.39, 0.29) is 24.3 Å². The summed E-state index contributed by atoms with van der Waals surface area (Å²) >= 11 is 0. The van der Waals surface area contributed by atoms with Gasteiger partial charge >= 0.3 is 0 Å². The molecule has 3 rings (SSSR count). The fraction of sp³-hybridized carbons (Fsp3) is 0.568. The molecule has 2 aromatic carbocycles. The van der Waals surface area contributed by atoms with Crippen molar-refractivity contribution >= 4 is 23.6 Å². The molecule has 0 radical (unpaired) electrons. The van der Waals surface area contributed by atoms with Crippen LogP contribution in [0.5, 0.6) is 0 Å². The van der Waals surface area contributed by atoms with E-state index in [9.17, 15) is 19.2 Å². The molecular formula is C37H58N8O4. The zero-order valence-electron chi connectivity index (χ0n) is 29.2. The number of rotatable bonds is 20. The molecule has 12 heteroatoms. The molecule has 0 spiro atoms. The van der Waals surface area contributed by atoms with Crippen LogP contribution >= 0.6 is 0 Å². The molecule has 1 heterocycles. The largest absolute Gasteiger partial charge is 0.343 e. The molecule has 0 saturated carbocycles. The van der Waals surface area contributed by atoms with E-state index in [0.29, 0.717) is 58.3 Å². The molecule has 2 aromatic rings. The zero-order valence-corrected chi connectivity index (χ0v) is 29.2. The van der Waals surface area contributed by atoms with E-state index in [0.717, 1.165) is 30.5 Å². The van der Waals surface area contributed by atoms with E-state index in [1.807, 2.05) is 74.5 Å². The van der Waals surface area contributed by atoms with Crippen LogP contribution in [0.25, 0.3) is 0 Å². The van der Waals surface area contributed by atoms with Gasteiger partial charge in [-0.25, -0.2) is 0 Å².